The van der Waals surface area contributed by atoms with Crippen LogP contribution in [0.2, 0.25) is 0 Å². The maximum atomic E-state index is 11.8. The number of hydrogen-bond donors (Lipinski definition) is 0. The SMILES string of the molecule is O=C(CCCc1ccnc(-c2ccccn2)c1)ON1C(=O)CCC1=O.[Ru].c1ccc(-c2ccccn2)nc1.c1ccc(-c2ccccn2)nc1. The summed E-state index contributed by atoms with van der Waals surface area (Å²) >= 11 is 0. The largest absolute Gasteiger partial charge is 0.333 e. The number of carbonyl (C=O) groups excluding carboxylic acids is 3. The van der Waals surface area contributed by atoms with E-state index in [4.69, 9.17) is 4.84 Å². The van der Waals surface area contributed by atoms with Gasteiger partial charge in [0.05, 0.1) is 34.2 Å². The first kappa shape index (κ1) is 37.0. The van der Waals surface area contributed by atoms with Crippen LogP contribution in [0.25, 0.3) is 34.2 Å². The van der Waals surface area contributed by atoms with Crippen molar-refractivity contribution in [3.8, 4) is 34.2 Å². The summed E-state index contributed by atoms with van der Waals surface area (Å²) in [4.78, 5) is 64.7. The summed E-state index contributed by atoms with van der Waals surface area (Å²) in [7, 11) is 0. The molecule has 6 aromatic heterocycles. The molecule has 1 saturated heterocycles. The van der Waals surface area contributed by atoms with E-state index in [9.17, 15) is 14.4 Å². The van der Waals surface area contributed by atoms with Crippen LogP contribution in [-0.4, -0.2) is 52.8 Å². The van der Waals surface area contributed by atoms with Gasteiger partial charge in [-0.05, 0) is 91.2 Å². The molecule has 6 aromatic rings. The second-order valence-electron chi connectivity index (χ2n) is 10.5. The summed E-state index contributed by atoms with van der Waals surface area (Å²) in [5.74, 6) is -1.51. The molecule has 0 aliphatic carbocycles. The molecule has 0 saturated carbocycles. The molecule has 0 aromatic carbocycles. The number of amides is 2. The molecule has 0 bridgehead atoms. The molecule has 1 aliphatic heterocycles. The van der Waals surface area contributed by atoms with Crippen molar-refractivity contribution < 1.29 is 38.7 Å². The molecule has 0 atom stereocenters. The molecule has 11 nitrogen and oxygen atoms in total. The second kappa shape index (κ2) is 19.8. The first-order valence-corrected chi connectivity index (χ1v) is 15.6. The number of pyridine rings is 6. The molecule has 7 rings (SSSR count). The van der Waals surface area contributed by atoms with Gasteiger partial charge in [-0.3, -0.25) is 39.5 Å². The van der Waals surface area contributed by atoms with E-state index in [1.165, 1.54) is 0 Å². The van der Waals surface area contributed by atoms with E-state index in [2.05, 4.69) is 29.9 Å². The van der Waals surface area contributed by atoms with Crippen molar-refractivity contribution in [2.24, 2.45) is 0 Å². The maximum Gasteiger partial charge on any atom is 0.333 e. The fourth-order valence-electron chi connectivity index (χ4n) is 4.58. The predicted molar refractivity (Wildman–Crippen MR) is 183 cm³/mol. The minimum Gasteiger partial charge on any atom is -0.330 e. The van der Waals surface area contributed by atoms with Crippen molar-refractivity contribution in [2.75, 3.05) is 0 Å². The average molecular weight is 753 g/mol. The van der Waals surface area contributed by atoms with Gasteiger partial charge >= 0.3 is 5.97 Å². The number of rotatable bonds is 8. The van der Waals surface area contributed by atoms with Crippen molar-refractivity contribution in [1.82, 2.24) is 35.0 Å². The predicted octanol–water partition coefficient (Wildman–Crippen LogP) is 6.36. The molecular formula is C38H33N7O4Ru. The fourth-order valence-corrected chi connectivity index (χ4v) is 4.58. The van der Waals surface area contributed by atoms with Crippen LogP contribution >= 0.6 is 0 Å². The molecule has 1 fully saturated rings. The summed E-state index contributed by atoms with van der Waals surface area (Å²) in [6.45, 7) is 0. The molecule has 1 aliphatic rings. The van der Waals surface area contributed by atoms with Crippen LogP contribution in [0.1, 0.15) is 31.2 Å². The van der Waals surface area contributed by atoms with E-state index in [0.29, 0.717) is 17.9 Å². The number of nitrogens with zero attached hydrogens (tertiary/aromatic N) is 7. The van der Waals surface area contributed by atoms with Crippen molar-refractivity contribution in [2.45, 2.75) is 32.1 Å². The van der Waals surface area contributed by atoms with Gasteiger partial charge in [0.1, 0.15) is 0 Å². The Morgan fingerprint density at radius 3 is 1.30 bits per heavy atom. The van der Waals surface area contributed by atoms with Crippen LogP contribution in [0.5, 0.6) is 0 Å². The van der Waals surface area contributed by atoms with Gasteiger partial charge in [-0.1, -0.05) is 30.3 Å². The van der Waals surface area contributed by atoms with E-state index < -0.39 is 17.8 Å². The maximum absolute atomic E-state index is 11.8. The Morgan fingerprint density at radius 1 is 0.540 bits per heavy atom. The normalized spacial score (nSPS) is 11.6. The van der Waals surface area contributed by atoms with E-state index in [1.807, 2.05) is 103 Å². The Balaban J connectivity index is 0.000000187. The number of carbonyl (C=O) groups is 3. The summed E-state index contributed by atoms with van der Waals surface area (Å²) in [6, 6.07) is 32.6. The number of aromatic nitrogens is 6. The Morgan fingerprint density at radius 2 is 0.920 bits per heavy atom. The number of imide groups is 1. The zero-order valence-electron chi connectivity index (χ0n) is 26.9. The third-order valence-corrected chi connectivity index (χ3v) is 6.98. The van der Waals surface area contributed by atoms with E-state index in [-0.39, 0.29) is 38.7 Å². The third-order valence-electron chi connectivity index (χ3n) is 6.98. The molecule has 0 radical (unpaired) electrons. The van der Waals surface area contributed by atoms with Crippen LogP contribution < -0.4 is 0 Å². The van der Waals surface area contributed by atoms with Gasteiger partial charge in [-0.25, -0.2) is 4.79 Å². The minimum absolute atomic E-state index is 0. The van der Waals surface area contributed by atoms with Gasteiger partial charge in [0.15, 0.2) is 0 Å². The topological polar surface area (TPSA) is 141 Å². The first-order chi connectivity index (χ1) is 24.1. The van der Waals surface area contributed by atoms with E-state index in [0.717, 1.165) is 39.7 Å². The zero-order chi connectivity index (χ0) is 34.1. The van der Waals surface area contributed by atoms with Crippen molar-refractivity contribution in [3.63, 3.8) is 0 Å². The van der Waals surface area contributed by atoms with Crippen LogP contribution in [0, 0.1) is 0 Å². The molecule has 12 heteroatoms. The number of hydroxylamine groups is 2. The second-order valence-corrected chi connectivity index (χ2v) is 10.5. The molecule has 2 amide bonds. The summed E-state index contributed by atoms with van der Waals surface area (Å²) in [5, 5.41) is 0.577. The van der Waals surface area contributed by atoms with Crippen molar-refractivity contribution in [1.29, 1.82) is 0 Å². The quantitative estimate of drug-likeness (QED) is 0.127. The van der Waals surface area contributed by atoms with Crippen LogP contribution in [0.4, 0.5) is 0 Å². The summed E-state index contributed by atoms with van der Waals surface area (Å²) in [6.07, 6.45) is 12.0. The Bertz CT molecular complexity index is 1760. The van der Waals surface area contributed by atoms with E-state index >= 15 is 0 Å². The molecule has 50 heavy (non-hydrogen) atoms. The standard InChI is InChI=1S/C18H17N3O4.2C10H8N2.Ru/c22-16-7-8-17(23)21(16)25-18(24)6-3-4-13-9-11-20-15(12-13)14-5-1-2-10-19-14;2*1-3-7-11-9(5-1)10-6-2-4-8-12-10;/h1-2,5,9-12H,3-4,6-8H2;2*1-8H;. The molecular weight excluding hydrogens is 720 g/mol. The summed E-state index contributed by atoms with van der Waals surface area (Å²) < 4.78 is 0. The van der Waals surface area contributed by atoms with Gasteiger partial charge in [-0.2, -0.15) is 0 Å². The molecule has 0 unspecified atom stereocenters. The van der Waals surface area contributed by atoms with Gasteiger partial charge in [0, 0.05) is 75.9 Å². The monoisotopic (exact) mass is 753 g/mol. The zero-order valence-corrected chi connectivity index (χ0v) is 28.7. The van der Waals surface area contributed by atoms with Gasteiger partial charge in [-0.15, -0.1) is 5.06 Å². The fraction of sp³-hybridized carbons (Fsp3) is 0.132. The third kappa shape index (κ3) is 11.4. The minimum atomic E-state index is -0.581. The molecule has 0 N–H and O–H groups in total. The van der Waals surface area contributed by atoms with E-state index in [1.54, 1.807) is 37.2 Å². The molecule has 7 heterocycles. The molecule has 0 spiro atoms. The van der Waals surface area contributed by atoms with Crippen molar-refractivity contribution in [3.05, 3.63) is 146 Å². The Kier molecular flexibility index (Phi) is 14.7. The van der Waals surface area contributed by atoms with Crippen LogP contribution in [0.15, 0.2) is 140 Å². The van der Waals surface area contributed by atoms with Gasteiger partial charge in [0.25, 0.3) is 11.8 Å². The van der Waals surface area contributed by atoms with Gasteiger partial charge < -0.3 is 4.84 Å². The molecule has 252 valence electrons. The van der Waals surface area contributed by atoms with Crippen LogP contribution in [-0.2, 0) is 45.1 Å². The van der Waals surface area contributed by atoms with Crippen LogP contribution in [0.3, 0.4) is 0 Å². The summed E-state index contributed by atoms with van der Waals surface area (Å²) in [5.41, 5.74) is 6.24. The number of aryl methyl sites for hydroxylation is 1. The Hall–Kier alpha value is -5.87. The average Bonchev–Trinajstić information content (AvgIpc) is 3.49. The number of hydrogen-bond acceptors (Lipinski definition) is 10. The smallest absolute Gasteiger partial charge is 0.330 e. The van der Waals surface area contributed by atoms with Gasteiger partial charge in [0.2, 0.25) is 0 Å². The Labute approximate surface area is 302 Å². The first-order valence-electron chi connectivity index (χ1n) is 15.6. The van der Waals surface area contributed by atoms with Crippen molar-refractivity contribution >= 4 is 17.8 Å².